The zero-order valence-electron chi connectivity index (χ0n) is 12.2. The molecular weight excluding hydrogens is 289 g/mol. The van der Waals surface area contributed by atoms with E-state index in [1.165, 1.54) is 12.1 Å². The fourth-order valence-corrected chi connectivity index (χ4v) is 2.46. The van der Waals surface area contributed by atoms with E-state index in [4.69, 9.17) is 16.3 Å². The van der Waals surface area contributed by atoms with Crippen molar-refractivity contribution in [3.05, 3.63) is 64.4 Å². The molecule has 2 aromatic rings. The van der Waals surface area contributed by atoms with Crippen LogP contribution in [0.5, 0.6) is 5.75 Å². The number of ether oxygens (including phenoxy) is 1. The molecule has 112 valence electrons. The van der Waals surface area contributed by atoms with Gasteiger partial charge < -0.3 is 10.1 Å². The third-order valence-electron chi connectivity index (χ3n) is 3.37. The molecule has 2 nitrogen and oxygen atoms in total. The monoisotopic (exact) mass is 307 g/mol. The lowest BCUT2D eigenvalue weighted by atomic mass is 9.99. The predicted molar refractivity (Wildman–Crippen MR) is 84.5 cm³/mol. The molecule has 1 atom stereocenters. The minimum atomic E-state index is -0.268. The molecule has 0 heterocycles. The molecule has 0 fully saturated rings. The summed E-state index contributed by atoms with van der Waals surface area (Å²) in [5.74, 6) is 0.579. The Kier molecular flexibility index (Phi) is 5.59. The normalized spacial score (nSPS) is 12.2. The van der Waals surface area contributed by atoms with Gasteiger partial charge in [0.15, 0.2) is 0 Å². The standard InChI is InChI=1S/C17H19ClFNO/c1-3-21-15-7-4-12(5-8-15)17(20-2)11-13-10-14(19)6-9-16(13)18/h4-10,17,20H,3,11H2,1-2H3. The Labute approximate surface area is 129 Å². The predicted octanol–water partition coefficient (Wildman–Crippen LogP) is 4.38. The Morgan fingerprint density at radius 1 is 1.19 bits per heavy atom. The Morgan fingerprint density at radius 2 is 1.90 bits per heavy atom. The van der Waals surface area contributed by atoms with Crippen LogP contribution in [0.15, 0.2) is 42.5 Å². The van der Waals surface area contributed by atoms with E-state index in [1.807, 2.05) is 38.2 Å². The topological polar surface area (TPSA) is 21.3 Å². The molecule has 0 aliphatic heterocycles. The first kappa shape index (κ1) is 15.8. The summed E-state index contributed by atoms with van der Waals surface area (Å²) < 4.78 is 18.8. The van der Waals surface area contributed by atoms with Crippen molar-refractivity contribution in [1.29, 1.82) is 0 Å². The van der Waals surface area contributed by atoms with Crippen LogP contribution in [-0.2, 0) is 6.42 Å². The minimum absolute atomic E-state index is 0.0694. The highest BCUT2D eigenvalue weighted by atomic mass is 35.5. The highest BCUT2D eigenvalue weighted by Gasteiger charge is 2.13. The average Bonchev–Trinajstić information content (AvgIpc) is 2.49. The van der Waals surface area contributed by atoms with Gasteiger partial charge in [-0.1, -0.05) is 23.7 Å². The van der Waals surface area contributed by atoms with Crippen molar-refractivity contribution in [1.82, 2.24) is 5.32 Å². The Bertz CT molecular complexity index is 586. The molecule has 0 aromatic heterocycles. The maximum Gasteiger partial charge on any atom is 0.123 e. The molecule has 1 N–H and O–H groups in total. The maximum absolute atomic E-state index is 13.3. The smallest absolute Gasteiger partial charge is 0.123 e. The second-order valence-electron chi connectivity index (χ2n) is 4.78. The van der Waals surface area contributed by atoms with Crippen LogP contribution in [0.3, 0.4) is 0 Å². The summed E-state index contributed by atoms with van der Waals surface area (Å²) in [6, 6.07) is 12.4. The summed E-state index contributed by atoms with van der Waals surface area (Å²) in [5.41, 5.74) is 1.91. The molecule has 2 aromatic carbocycles. The van der Waals surface area contributed by atoms with Gasteiger partial charge in [0.1, 0.15) is 11.6 Å². The zero-order valence-corrected chi connectivity index (χ0v) is 13.0. The van der Waals surface area contributed by atoms with Gasteiger partial charge in [0.2, 0.25) is 0 Å². The van der Waals surface area contributed by atoms with Crippen molar-refractivity contribution in [2.45, 2.75) is 19.4 Å². The second kappa shape index (κ2) is 7.43. The van der Waals surface area contributed by atoms with Gasteiger partial charge >= 0.3 is 0 Å². The summed E-state index contributed by atoms with van der Waals surface area (Å²) in [7, 11) is 1.88. The van der Waals surface area contributed by atoms with Gasteiger partial charge in [0, 0.05) is 11.1 Å². The molecule has 0 aliphatic carbocycles. The van der Waals surface area contributed by atoms with Gasteiger partial charge in [-0.2, -0.15) is 0 Å². The van der Waals surface area contributed by atoms with Crippen LogP contribution in [0.4, 0.5) is 4.39 Å². The van der Waals surface area contributed by atoms with Crippen molar-refractivity contribution < 1.29 is 9.13 Å². The van der Waals surface area contributed by atoms with Crippen LogP contribution in [0, 0.1) is 5.82 Å². The largest absolute Gasteiger partial charge is 0.494 e. The first-order valence-corrected chi connectivity index (χ1v) is 7.35. The second-order valence-corrected chi connectivity index (χ2v) is 5.19. The van der Waals surface area contributed by atoms with Crippen LogP contribution in [0.25, 0.3) is 0 Å². The number of hydrogen-bond donors (Lipinski definition) is 1. The van der Waals surface area contributed by atoms with Gasteiger partial charge in [-0.25, -0.2) is 4.39 Å². The van der Waals surface area contributed by atoms with E-state index in [1.54, 1.807) is 6.07 Å². The number of rotatable bonds is 6. The van der Waals surface area contributed by atoms with Gasteiger partial charge in [-0.15, -0.1) is 0 Å². The van der Waals surface area contributed by atoms with Crippen molar-refractivity contribution in [2.75, 3.05) is 13.7 Å². The fourth-order valence-electron chi connectivity index (χ4n) is 2.27. The van der Waals surface area contributed by atoms with E-state index in [9.17, 15) is 4.39 Å². The average molecular weight is 308 g/mol. The first-order chi connectivity index (χ1) is 10.1. The molecule has 4 heteroatoms. The Balaban J connectivity index is 2.17. The van der Waals surface area contributed by atoms with Crippen molar-refractivity contribution in [3.8, 4) is 5.75 Å². The molecule has 0 spiro atoms. The van der Waals surface area contributed by atoms with E-state index in [0.29, 0.717) is 18.1 Å². The van der Waals surface area contributed by atoms with E-state index < -0.39 is 0 Å². The fraction of sp³-hybridized carbons (Fsp3) is 0.294. The number of halogens is 2. The third-order valence-corrected chi connectivity index (χ3v) is 3.74. The van der Waals surface area contributed by atoms with Crippen LogP contribution in [0.1, 0.15) is 24.1 Å². The van der Waals surface area contributed by atoms with Crippen molar-refractivity contribution in [2.24, 2.45) is 0 Å². The van der Waals surface area contributed by atoms with Gasteiger partial charge in [-0.3, -0.25) is 0 Å². The Hall–Kier alpha value is -1.58. The van der Waals surface area contributed by atoms with Gasteiger partial charge in [-0.05, 0) is 61.9 Å². The third kappa shape index (κ3) is 4.19. The lowest BCUT2D eigenvalue weighted by molar-refractivity contribution is 0.340. The number of nitrogens with one attached hydrogen (secondary N) is 1. The quantitative estimate of drug-likeness (QED) is 0.855. The molecule has 0 radical (unpaired) electrons. The van der Waals surface area contributed by atoms with Crippen molar-refractivity contribution >= 4 is 11.6 Å². The summed E-state index contributed by atoms with van der Waals surface area (Å²) in [6.07, 6.45) is 0.626. The van der Waals surface area contributed by atoms with Gasteiger partial charge in [0.25, 0.3) is 0 Å². The SMILES string of the molecule is CCOc1ccc(C(Cc2cc(F)ccc2Cl)NC)cc1. The maximum atomic E-state index is 13.3. The molecule has 0 saturated heterocycles. The molecule has 0 aliphatic rings. The summed E-state index contributed by atoms with van der Waals surface area (Å²) >= 11 is 6.14. The highest BCUT2D eigenvalue weighted by molar-refractivity contribution is 6.31. The van der Waals surface area contributed by atoms with E-state index in [0.717, 1.165) is 16.9 Å². The number of likely N-dealkylation sites (N-methyl/N-ethyl adjacent to an activating group) is 1. The molecule has 21 heavy (non-hydrogen) atoms. The summed E-state index contributed by atoms with van der Waals surface area (Å²) in [4.78, 5) is 0. The van der Waals surface area contributed by atoms with Crippen LogP contribution < -0.4 is 10.1 Å². The van der Waals surface area contributed by atoms with Crippen molar-refractivity contribution in [3.63, 3.8) is 0 Å². The van der Waals surface area contributed by atoms with Gasteiger partial charge in [0.05, 0.1) is 6.61 Å². The summed E-state index contributed by atoms with van der Waals surface area (Å²) in [5, 5.41) is 3.83. The molecule has 2 rings (SSSR count). The zero-order chi connectivity index (χ0) is 15.2. The minimum Gasteiger partial charge on any atom is -0.494 e. The lowest BCUT2D eigenvalue weighted by Gasteiger charge is -2.18. The van der Waals surface area contributed by atoms with Crippen LogP contribution in [-0.4, -0.2) is 13.7 Å². The molecule has 1 unspecified atom stereocenters. The van der Waals surface area contributed by atoms with Crippen LogP contribution >= 0.6 is 11.6 Å². The highest BCUT2D eigenvalue weighted by Crippen LogP contribution is 2.25. The van der Waals surface area contributed by atoms with E-state index >= 15 is 0 Å². The number of hydrogen-bond acceptors (Lipinski definition) is 2. The molecule has 0 saturated carbocycles. The Morgan fingerprint density at radius 3 is 2.52 bits per heavy atom. The molecule has 0 bridgehead atoms. The number of benzene rings is 2. The van der Waals surface area contributed by atoms with E-state index in [2.05, 4.69) is 5.32 Å². The van der Waals surface area contributed by atoms with Crippen LogP contribution in [0.2, 0.25) is 5.02 Å². The van der Waals surface area contributed by atoms with E-state index in [-0.39, 0.29) is 11.9 Å². The molecular formula is C17H19ClFNO. The molecule has 0 amide bonds. The lowest BCUT2D eigenvalue weighted by Crippen LogP contribution is -2.19. The summed E-state index contributed by atoms with van der Waals surface area (Å²) in [6.45, 7) is 2.60. The first-order valence-electron chi connectivity index (χ1n) is 6.98.